The third kappa shape index (κ3) is 2.96. The highest BCUT2D eigenvalue weighted by Crippen LogP contribution is 2.44. The number of carbonyl (C=O) groups excluding carboxylic acids is 1. The highest BCUT2D eigenvalue weighted by atomic mass is 16.5. The summed E-state index contributed by atoms with van der Waals surface area (Å²) >= 11 is 0. The fourth-order valence-corrected chi connectivity index (χ4v) is 3.29. The molecule has 3 rings (SSSR count). The van der Waals surface area contributed by atoms with Crippen molar-refractivity contribution in [3.05, 3.63) is 41.5 Å². The number of fused-ring (bicyclic) bond motifs is 3. The van der Waals surface area contributed by atoms with Gasteiger partial charge >= 0.3 is 11.9 Å². The number of ether oxygens (including phenoxy) is 1. The minimum atomic E-state index is -0.838. The van der Waals surface area contributed by atoms with Gasteiger partial charge in [-0.2, -0.15) is 0 Å². The molecule has 5 heteroatoms. The first-order valence-electron chi connectivity index (χ1n) is 7.94. The Kier molecular flexibility index (Phi) is 4.11. The van der Waals surface area contributed by atoms with Crippen LogP contribution in [0, 0.1) is 11.8 Å². The van der Waals surface area contributed by atoms with Crippen molar-refractivity contribution in [3.63, 3.8) is 0 Å². The number of carbonyl (C=O) groups is 2. The fourth-order valence-electron chi connectivity index (χ4n) is 3.29. The van der Waals surface area contributed by atoms with Crippen LogP contribution in [0.1, 0.15) is 42.1 Å². The van der Waals surface area contributed by atoms with Gasteiger partial charge in [0.1, 0.15) is 6.04 Å². The molecule has 1 aromatic carbocycles. The van der Waals surface area contributed by atoms with E-state index in [0.717, 1.165) is 17.7 Å². The molecule has 23 heavy (non-hydrogen) atoms. The quantitative estimate of drug-likeness (QED) is 0.660. The normalized spacial score (nSPS) is 24.7. The van der Waals surface area contributed by atoms with Gasteiger partial charge in [0.25, 0.3) is 0 Å². The monoisotopic (exact) mass is 315 g/mol. The van der Waals surface area contributed by atoms with Crippen molar-refractivity contribution in [2.75, 3.05) is 11.9 Å². The van der Waals surface area contributed by atoms with Crippen molar-refractivity contribution in [1.29, 1.82) is 0 Å². The molecule has 2 aliphatic rings. The molecular weight excluding hydrogens is 294 g/mol. The first-order chi connectivity index (χ1) is 11.0. The van der Waals surface area contributed by atoms with Gasteiger partial charge in [-0.05, 0) is 36.1 Å². The summed E-state index contributed by atoms with van der Waals surface area (Å²) in [6.45, 7) is 4.37. The third-order valence-corrected chi connectivity index (χ3v) is 4.41. The zero-order chi connectivity index (χ0) is 16.6. The van der Waals surface area contributed by atoms with E-state index in [1.165, 1.54) is 0 Å². The SMILES string of the molecule is CC(C)COC(=O)c1ccc2c(c1)[C@@H]1C=CC[C@H]1[C@H](C(=O)O)N2. The highest BCUT2D eigenvalue weighted by molar-refractivity contribution is 5.91. The van der Waals surface area contributed by atoms with Crippen molar-refractivity contribution < 1.29 is 19.4 Å². The largest absolute Gasteiger partial charge is 0.480 e. The summed E-state index contributed by atoms with van der Waals surface area (Å²) in [7, 11) is 0. The molecule has 0 saturated heterocycles. The lowest BCUT2D eigenvalue weighted by molar-refractivity contribution is -0.139. The molecule has 0 saturated carbocycles. The van der Waals surface area contributed by atoms with Crippen molar-refractivity contribution >= 4 is 17.6 Å². The summed E-state index contributed by atoms with van der Waals surface area (Å²) in [6, 6.07) is 4.70. The maximum Gasteiger partial charge on any atom is 0.338 e. The van der Waals surface area contributed by atoms with E-state index in [9.17, 15) is 14.7 Å². The summed E-state index contributed by atoms with van der Waals surface area (Å²) in [5.74, 6) is -0.862. The Morgan fingerprint density at radius 3 is 2.87 bits per heavy atom. The zero-order valence-corrected chi connectivity index (χ0v) is 13.3. The number of carboxylic acid groups (broad SMARTS) is 1. The summed E-state index contributed by atoms with van der Waals surface area (Å²) < 4.78 is 5.28. The van der Waals surface area contributed by atoms with Gasteiger partial charge in [-0.25, -0.2) is 9.59 Å². The van der Waals surface area contributed by atoms with Crippen molar-refractivity contribution in [1.82, 2.24) is 0 Å². The third-order valence-electron chi connectivity index (χ3n) is 4.41. The Balaban J connectivity index is 1.88. The molecule has 1 aromatic rings. The molecular formula is C18H21NO4. The number of benzene rings is 1. The van der Waals surface area contributed by atoms with Crippen LogP contribution in [-0.4, -0.2) is 29.7 Å². The molecule has 2 N–H and O–H groups in total. The van der Waals surface area contributed by atoms with Crippen molar-refractivity contribution in [2.24, 2.45) is 11.8 Å². The van der Waals surface area contributed by atoms with E-state index in [0.29, 0.717) is 12.2 Å². The van der Waals surface area contributed by atoms with Gasteiger partial charge in [-0.3, -0.25) is 0 Å². The summed E-state index contributed by atoms with van der Waals surface area (Å²) in [5, 5.41) is 12.5. The second-order valence-electron chi connectivity index (χ2n) is 6.61. The average molecular weight is 315 g/mol. The molecule has 0 unspecified atom stereocenters. The molecule has 0 aromatic heterocycles. The minimum absolute atomic E-state index is 0.0121. The topological polar surface area (TPSA) is 75.6 Å². The number of allylic oxidation sites excluding steroid dienone is 2. The minimum Gasteiger partial charge on any atom is -0.480 e. The molecule has 1 heterocycles. The number of hydrogen-bond acceptors (Lipinski definition) is 4. The van der Waals surface area contributed by atoms with E-state index < -0.39 is 12.0 Å². The van der Waals surface area contributed by atoms with Crippen LogP contribution in [0.25, 0.3) is 0 Å². The molecule has 5 nitrogen and oxygen atoms in total. The lowest BCUT2D eigenvalue weighted by Gasteiger charge is -2.34. The number of anilines is 1. The molecule has 0 radical (unpaired) electrons. The van der Waals surface area contributed by atoms with Gasteiger partial charge in [-0.15, -0.1) is 0 Å². The van der Waals surface area contributed by atoms with Crippen LogP contribution in [-0.2, 0) is 9.53 Å². The van der Waals surface area contributed by atoms with E-state index >= 15 is 0 Å². The molecule has 3 atom stereocenters. The van der Waals surface area contributed by atoms with Gasteiger partial charge in [0, 0.05) is 17.5 Å². The second-order valence-corrected chi connectivity index (χ2v) is 6.61. The molecule has 0 bridgehead atoms. The second kappa shape index (κ2) is 6.07. The standard InChI is InChI=1S/C18H21NO4/c1-10(2)9-23-18(22)11-6-7-15-14(8-11)12-4-3-5-13(12)16(19-15)17(20)21/h3-4,6-8,10,12-13,16,19H,5,9H2,1-2H3,(H,20,21)/t12-,13-,16-/m1/s1. The van der Waals surface area contributed by atoms with E-state index in [-0.39, 0.29) is 23.7 Å². The lowest BCUT2D eigenvalue weighted by Crippen LogP contribution is -2.41. The Hall–Kier alpha value is -2.30. The van der Waals surface area contributed by atoms with Crippen LogP contribution < -0.4 is 5.32 Å². The Morgan fingerprint density at radius 2 is 2.17 bits per heavy atom. The first-order valence-corrected chi connectivity index (χ1v) is 7.94. The van der Waals surface area contributed by atoms with Gasteiger partial charge in [0.2, 0.25) is 0 Å². The molecule has 0 amide bonds. The number of rotatable bonds is 4. The molecule has 122 valence electrons. The van der Waals surface area contributed by atoms with Crippen molar-refractivity contribution in [3.8, 4) is 0 Å². The number of nitrogens with one attached hydrogen (secondary N) is 1. The van der Waals surface area contributed by atoms with Gasteiger partial charge < -0.3 is 15.2 Å². The van der Waals surface area contributed by atoms with Gasteiger partial charge in [0.05, 0.1) is 12.2 Å². The lowest BCUT2D eigenvalue weighted by atomic mass is 9.79. The van der Waals surface area contributed by atoms with E-state index in [4.69, 9.17) is 4.74 Å². The highest BCUT2D eigenvalue weighted by Gasteiger charge is 2.40. The maximum absolute atomic E-state index is 12.1. The van der Waals surface area contributed by atoms with Crippen LogP contribution in [0.5, 0.6) is 0 Å². The van der Waals surface area contributed by atoms with Crippen LogP contribution in [0.4, 0.5) is 5.69 Å². The van der Waals surface area contributed by atoms with Crippen LogP contribution in [0.3, 0.4) is 0 Å². The van der Waals surface area contributed by atoms with E-state index in [2.05, 4.69) is 5.32 Å². The predicted molar refractivity (Wildman–Crippen MR) is 86.6 cm³/mol. The fraction of sp³-hybridized carbons (Fsp3) is 0.444. The number of aliphatic carboxylic acids is 1. The number of esters is 1. The Morgan fingerprint density at radius 1 is 1.39 bits per heavy atom. The Bertz CT molecular complexity index is 665. The Labute approximate surface area is 135 Å². The summed E-state index contributed by atoms with van der Waals surface area (Å²) in [6.07, 6.45) is 4.80. The summed E-state index contributed by atoms with van der Waals surface area (Å²) in [4.78, 5) is 23.6. The number of hydrogen-bond donors (Lipinski definition) is 2. The predicted octanol–water partition coefficient (Wildman–Crippen LogP) is 3.04. The van der Waals surface area contributed by atoms with Gasteiger partial charge in [0.15, 0.2) is 0 Å². The first kappa shape index (κ1) is 15.6. The van der Waals surface area contributed by atoms with Gasteiger partial charge in [-0.1, -0.05) is 26.0 Å². The zero-order valence-electron chi connectivity index (χ0n) is 13.3. The van der Waals surface area contributed by atoms with Crippen LogP contribution in [0.2, 0.25) is 0 Å². The van der Waals surface area contributed by atoms with E-state index in [1.807, 2.05) is 32.1 Å². The van der Waals surface area contributed by atoms with E-state index in [1.54, 1.807) is 12.1 Å². The molecule has 1 aliphatic heterocycles. The molecule has 1 aliphatic carbocycles. The molecule has 0 fully saturated rings. The summed E-state index contributed by atoms with van der Waals surface area (Å²) in [5.41, 5.74) is 2.27. The number of carboxylic acids is 1. The average Bonchev–Trinajstić information content (AvgIpc) is 3.00. The van der Waals surface area contributed by atoms with Crippen molar-refractivity contribution in [2.45, 2.75) is 32.2 Å². The maximum atomic E-state index is 12.1. The van der Waals surface area contributed by atoms with Crippen LogP contribution in [0.15, 0.2) is 30.4 Å². The van der Waals surface area contributed by atoms with Crippen LogP contribution >= 0.6 is 0 Å². The molecule has 0 spiro atoms. The smallest absolute Gasteiger partial charge is 0.338 e.